The minimum Gasteiger partial charge on any atom is -0.394 e. The summed E-state index contributed by atoms with van der Waals surface area (Å²) in [6, 6.07) is 1.81. The van der Waals surface area contributed by atoms with Crippen LogP contribution < -0.4 is 11.3 Å². The molecule has 0 saturated carbocycles. The fourth-order valence-electron chi connectivity index (χ4n) is 2.17. The lowest BCUT2D eigenvalue weighted by Crippen LogP contribution is -2.25. The van der Waals surface area contributed by atoms with Gasteiger partial charge in [-0.1, -0.05) is 20.8 Å². The van der Waals surface area contributed by atoms with Crippen molar-refractivity contribution in [2.24, 2.45) is 0 Å². The molecule has 1 rings (SSSR count). The first-order chi connectivity index (χ1) is 7.09. The first-order valence-corrected chi connectivity index (χ1v) is 5.58. The van der Waals surface area contributed by atoms with Gasteiger partial charge in [-0.3, -0.25) is 4.79 Å². The number of hydrogen-bond acceptors (Lipinski definition) is 2. The molecule has 0 spiro atoms. The highest BCUT2D eigenvalue weighted by Gasteiger charge is 2.26. The lowest BCUT2D eigenvalue weighted by atomic mass is 9.74. The molecule has 3 nitrogen and oxygen atoms in total. The highest BCUT2D eigenvalue weighted by Crippen LogP contribution is 2.34. The number of aromatic nitrogens is 1. The van der Waals surface area contributed by atoms with Gasteiger partial charge in [0.1, 0.15) is 0 Å². The van der Waals surface area contributed by atoms with Crippen LogP contribution in [-0.4, -0.2) is 4.98 Å². The summed E-state index contributed by atoms with van der Waals surface area (Å²) in [4.78, 5) is 13.9. The molecule has 1 aromatic heterocycles. The second-order valence-electron chi connectivity index (χ2n) is 4.01. The van der Waals surface area contributed by atoms with Crippen molar-refractivity contribution in [3.8, 4) is 0 Å². The second-order valence-corrected chi connectivity index (χ2v) is 4.01. The summed E-state index contributed by atoms with van der Waals surface area (Å²) >= 11 is 0. The number of nitrogens with two attached hydrogens (primary N) is 1. The largest absolute Gasteiger partial charge is 0.394 e. The lowest BCUT2D eigenvalue weighted by Gasteiger charge is -2.30. The summed E-state index contributed by atoms with van der Waals surface area (Å²) in [7, 11) is 0. The highest BCUT2D eigenvalue weighted by atomic mass is 16.1. The molecule has 0 unspecified atom stereocenters. The van der Waals surface area contributed by atoms with E-state index >= 15 is 0 Å². The van der Waals surface area contributed by atoms with Crippen molar-refractivity contribution in [3.63, 3.8) is 0 Å². The van der Waals surface area contributed by atoms with Crippen molar-refractivity contribution in [1.29, 1.82) is 0 Å². The molecule has 15 heavy (non-hydrogen) atoms. The standard InChI is InChI=1S/C12H20N2O/c1-4-12(5-2,6-3)9-7-10(13)11(15)14-8-9/h7-8H,4-6,13H2,1-3H3,(H,14,15). The van der Waals surface area contributed by atoms with Crippen LogP contribution in [0.25, 0.3) is 0 Å². The molecular formula is C12H20N2O. The van der Waals surface area contributed by atoms with E-state index in [1.807, 2.05) is 6.07 Å². The molecule has 1 heterocycles. The molecule has 84 valence electrons. The molecule has 0 fully saturated rings. The molecule has 0 aliphatic heterocycles. The Hall–Kier alpha value is -1.25. The monoisotopic (exact) mass is 208 g/mol. The molecule has 3 heteroatoms. The Balaban J connectivity index is 3.23. The Kier molecular flexibility index (Phi) is 3.56. The summed E-state index contributed by atoms with van der Waals surface area (Å²) in [5.74, 6) is 0. The molecule has 0 aliphatic rings. The molecule has 0 amide bonds. The van der Waals surface area contributed by atoms with E-state index in [0.717, 1.165) is 24.8 Å². The lowest BCUT2D eigenvalue weighted by molar-refractivity contribution is 0.380. The summed E-state index contributed by atoms with van der Waals surface area (Å²) in [5, 5.41) is 0. The van der Waals surface area contributed by atoms with E-state index < -0.39 is 0 Å². The van der Waals surface area contributed by atoms with Gasteiger partial charge in [0.15, 0.2) is 0 Å². The van der Waals surface area contributed by atoms with E-state index in [1.165, 1.54) is 0 Å². The second kappa shape index (κ2) is 4.51. The van der Waals surface area contributed by atoms with Gasteiger partial charge < -0.3 is 10.7 Å². The summed E-state index contributed by atoms with van der Waals surface area (Å²) in [6.07, 6.45) is 4.98. The zero-order chi connectivity index (χ0) is 11.5. The van der Waals surface area contributed by atoms with Gasteiger partial charge in [-0.25, -0.2) is 0 Å². The van der Waals surface area contributed by atoms with Gasteiger partial charge in [-0.2, -0.15) is 0 Å². The Morgan fingerprint density at radius 2 is 1.80 bits per heavy atom. The van der Waals surface area contributed by atoms with E-state index in [2.05, 4.69) is 25.8 Å². The Labute approximate surface area is 90.7 Å². The fraction of sp³-hybridized carbons (Fsp3) is 0.583. The maximum absolute atomic E-state index is 11.2. The van der Waals surface area contributed by atoms with Crippen LogP contribution >= 0.6 is 0 Å². The van der Waals surface area contributed by atoms with Gasteiger partial charge in [-0.05, 0) is 36.3 Å². The van der Waals surface area contributed by atoms with E-state index in [9.17, 15) is 4.79 Å². The van der Waals surface area contributed by atoms with Crippen LogP contribution in [0.15, 0.2) is 17.1 Å². The van der Waals surface area contributed by atoms with Crippen molar-refractivity contribution in [2.75, 3.05) is 5.73 Å². The number of rotatable bonds is 4. The van der Waals surface area contributed by atoms with Crippen molar-refractivity contribution in [1.82, 2.24) is 4.98 Å². The van der Waals surface area contributed by atoms with Crippen LogP contribution in [0, 0.1) is 0 Å². The van der Waals surface area contributed by atoms with Crippen LogP contribution in [0.5, 0.6) is 0 Å². The Bertz CT molecular complexity index is 369. The topological polar surface area (TPSA) is 58.9 Å². The van der Waals surface area contributed by atoms with Crippen LogP contribution in [0.4, 0.5) is 5.69 Å². The zero-order valence-corrected chi connectivity index (χ0v) is 9.76. The van der Waals surface area contributed by atoms with Crippen LogP contribution in [-0.2, 0) is 5.41 Å². The molecule has 0 bridgehead atoms. The molecule has 0 atom stereocenters. The molecule has 3 N–H and O–H groups in total. The van der Waals surface area contributed by atoms with Gasteiger partial charge >= 0.3 is 0 Å². The first kappa shape index (κ1) is 11.8. The maximum atomic E-state index is 11.2. The van der Waals surface area contributed by atoms with Gasteiger partial charge in [0.2, 0.25) is 0 Å². The molecule has 0 saturated heterocycles. The number of nitrogen functional groups attached to an aromatic ring is 1. The van der Waals surface area contributed by atoms with E-state index in [-0.39, 0.29) is 11.0 Å². The number of aromatic amines is 1. The molecule has 0 aliphatic carbocycles. The third kappa shape index (κ3) is 2.06. The Morgan fingerprint density at radius 1 is 1.27 bits per heavy atom. The van der Waals surface area contributed by atoms with Gasteiger partial charge in [0.05, 0.1) is 5.69 Å². The van der Waals surface area contributed by atoms with Crippen LogP contribution in [0.3, 0.4) is 0 Å². The van der Waals surface area contributed by atoms with E-state index in [4.69, 9.17) is 5.73 Å². The van der Waals surface area contributed by atoms with Crippen LogP contribution in [0.1, 0.15) is 45.6 Å². The Morgan fingerprint density at radius 3 is 2.20 bits per heavy atom. The third-order valence-electron chi connectivity index (χ3n) is 3.57. The number of H-pyrrole nitrogens is 1. The molecular weight excluding hydrogens is 188 g/mol. The third-order valence-corrected chi connectivity index (χ3v) is 3.57. The molecule has 0 radical (unpaired) electrons. The number of pyridine rings is 1. The first-order valence-electron chi connectivity index (χ1n) is 5.58. The summed E-state index contributed by atoms with van der Waals surface area (Å²) in [6.45, 7) is 6.52. The van der Waals surface area contributed by atoms with Crippen LogP contribution in [0.2, 0.25) is 0 Å². The number of nitrogens with one attached hydrogen (secondary N) is 1. The van der Waals surface area contributed by atoms with Gasteiger partial charge in [-0.15, -0.1) is 0 Å². The normalized spacial score (nSPS) is 11.7. The maximum Gasteiger partial charge on any atom is 0.271 e. The van der Waals surface area contributed by atoms with Crippen molar-refractivity contribution < 1.29 is 0 Å². The van der Waals surface area contributed by atoms with Gasteiger partial charge in [0.25, 0.3) is 5.56 Å². The van der Waals surface area contributed by atoms with Crippen molar-refractivity contribution in [3.05, 3.63) is 28.2 Å². The smallest absolute Gasteiger partial charge is 0.271 e. The quantitative estimate of drug-likeness (QED) is 0.798. The summed E-state index contributed by atoms with van der Waals surface area (Å²) in [5.41, 5.74) is 7.05. The number of anilines is 1. The molecule has 0 aromatic carbocycles. The zero-order valence-electron chi connectivity index (χ0n) is 9.76. The van der Waals surface area contributed by atoms with E-state index in [1.54, 1.807) is 6.20 Å². The molecule has 1 aromatic rings. The predicted molar refractivity (Wildman–Crippen MR) is 64.0 cm³/mol. The van der Waals surface area contributed by atoms with E-state index in [0.29, 0.717) is 5.69 Å². The minimum absolute atomic E-state index is 0.151. The summed E-state index contributed by atoms with van der Waals surface area (Å²) < 4.78 is 0. The van der Waals surface area contributed by atoms with Crippen molar-refractivity contribution in [2.45, 2.75) is 45.4 Å². The SMILES string of the molecule is CCC(CC)(CC)c1c[nH]c(=O)c(N)c1. The fourth-order valence-corrected chi connectivity index (χ4v) is 2.17. The van der Waals surface area contributed by atoms with Gasteiger partial charge in [0, 0.05) is 6.20 Å². The predicted octanol–water partition coefficient (Wildman–Crippen LogP) is 2.42. The average Bonchev–Trinajstić information content (AvgIpc) is 2.26. The minimum atomic E-state index is -0.198. The number of hydrogen-bond donors (Lipinski definition) is 2. The average molecular weight is 208 g/mol. The van der Waals surface area contributed by atoms with Crippen molar-refractivity contribution >= 4 is 5.69 Å². The highest BCUT2D eigenvalue weighted by molar-refractivity contribution is 5.40.